The highest BCUT2D eigenvalue weighted by Gasteiger charge is 2.18. The van der Waals surface area contributed by atoms with E-state index < -0.39 is 21.8 Å². The van der Waals surface area contributed by atoms with Crippen LogP contribution in [0.3, 0.4) is 0 Å². The van der Waals surface area contributed by atoms with Crippen LogP contribution in [0.1, 0.15) is 10.4 Å². The van der Waals surface area contributed by atoms with E-state index in [1.165, 1.54) is 48.5 Å². The molecule has 1 heterocycles. The minimum absolute atomic E-state index is 0.0353. The summed E-state index contributed by atoms with van der Waals surface area (Å²) >= 11 is 0. The highest BCUT2D eigenvalue weighted by atomic mass is 32.2. The fraction of sp³-hybridized carbons (Fsp3) is 0. The Morgan fingerprint density at radius 1 is 1.00 bits per heavy atom. The zero-order chi connectivity index (χ0) is 22.9. The molecule has 0 saturated heterocycles. The van der Waals surface area contributed by atoms with Crippen molar-refractivity contribution in [1.82, 2.24) is 4.98 Å². The Labute approximate surface area is 180 Å². The van der Waals surface area contributed by atoms with E-state index in [0.29, 0.717) is 5.39 Å². The number of hydrogen-bond acceptors (Lipinski definition) is 6. The van der Waals surface area contributed by atoms with E-state index in [2.05, 4.69) is 19.9 Å². The number of azo groups is 1. The Morgan fingerprint density at radius 2 is 1.75 bits per heavy atom. The molecule has 0 unspecified atom stereocenters. The Hall–Kier alpha value is -4.25. The van der Waals surface area contributed by atoms with E-state index in [-0.39, 0.29) is 38.9 Å². The Kier molecular flexibility index (Phi) is 5.33. The number of rotatable bonds is 6. The van der Waals surface area contributed by atoms with E-state index in [9.17, 15) is 22.7 Å². The number of aromatic carboxylic acids is 1. The fourth-order valence-electron chi connectivity index (χ4n) is 2.96. The smallest absolute Gasteiger partial charge is 0.335 e. The molecule has 0 saturated carbocycles. The highest BCUT2D eigenvalue weighted by molar-refractivity contribution is 7.92. The molecule has 32 heavy (non-hydrogen) atoms. The lowest BCUT2D eigenvalue weighted by Gasteiger charge is -2.08. The van der Waals surface area contributed by atoms with Gasteiger partial charge in [0.05, 0.1) is 21.7 Å². The van der Waals surface area contributed by atoms with Crippen LogP contribution in [0.4, 0.5) is 21.5 Å². The molecule has 11 heteroatoms. The minimum Gasteiger partial charge on any atom is -0.493 e. The zero-order valence-corrected chi connectivity index (χ0v) is 17.0. The average Bonchev–Trinajstić information content (AvgIpc) is 3.08. The van der Waals surface area contributed by atoms with E-state index in [4.69, 9.17) is 5.11 Å². The quantitative estimate of drug-likeness (QED) is 0.305. The first-order valence-corrected chi connectivity index (χ1v) is 10.6. The van der Waals surface area contributed by atoms with Crippen molar-refractivity contribution < 1.29 is 27.8 Å². The van der Waals surface area contributed by atoms with Crippen LogP contribution >= 0.6 is 0 Å². The van der Waals surface area contributed by atoms with Gasteiger partial charge in [-0.1, -0.05) is 6.07 Å². The Balaban J connectivity index is 1.65. The van der Waals surface area contributed by atoms with Gasteiger partial charge in [-0.05, 0) is 60.7 Å². The van der Waals surface area contributed by atoms with Gasteiger partial charge in [0, 0.05) is 11.1 Å². The number of benzene rings is 3. The Morgan fingerprint density at radius 3 is 2.47 bits per heavy atom. The number of aromatic hydroxyl groups is 1. The molecule has 0 radical (unpaired) electrons. The standard InChI is InChI=1S/C21H15FN4O5S/c22-13-4-6-14(7-5-13)26-32(30,31)16-8-9-17-18(11-16)23-20(27)19(17)25-24-15-3-1-2-12(10-15)21(28)29/h1-11,23,26-27H,(H,28,29). The van der Waals surface area contributed by atoms with Gasteiger partial charge in [0.15, 0.2) is 5.69 Å². The molecular formula is C21H15FN4O5S. The predicted octanol–water partition coefficient (Wildman–Crippen LogP) is 4.93. The predicted molar refractivity (Wildman–Crippen MR) is 115 cm³/mol. The molecule has 0 spiro atoms. The summed E-state index contributed by atoms with van der Waals surface area (Å²) in [6.45, 7) is 0. The summed E-state index contributed by atoms with van der Waals surface area (Å²) in [5.74, 6) is -1.94. The number of fused-ring (bicyclic) bond motifs is 1. The summed E-state index contributed by atoms with van der Waals surface area (Å²) < 4.78 is 40.7. The molecule has 4 N–H and O–H groups in total. The number of carboxylic acid groups (broad SMARTS) is 1. The average molecular weight is 454 g/mol. The SMILES string of the molecule is O=C(O)c1cccc(N=Nc2c(O)[nH]c3cc(S(=O)(=O)Nc4ccc(F)cc4)ccc23)c1. The van der Waals surface area contributed by atoms with Crippen molar-refractivity contribution in [2.75, 3.05) is 4.72 Å². The van der Waals surface area contributed by atoms with Crippen molar-refractivity contribution in [3.63, 3.8) is 0 Å². The third kappa shape index (κ3) is 4.27. The molecule has 0 atom stereocenters. The second kappa shape index (κ2) is 8.12. The van der Waals surface area contributed by atoms with E-state index in [0.717, 1.165) is 12.1 Å². The third-order valence-corrected chi connectivity index (χ3v) is 5.87. The van der Waals surface area contributed by atoms with Crippen molar-refractivity contribution >= 4 is 44.0 Å². The maximum absolute atomic E-state index is 13.0. The number of aromatic amines is 1. The number of sulfonamides is 1. The van der Waals surface area contributed by atoms with Gasteiger partial charge in [0.25, 0.3) is 10.0 Å². The largest absolute Gasteiger partial charge is 0.493 e. The second-order valence-electron chi connectivity index (χ2n) is 6.70. The molecule has 0 amide bonds. The van der Waals surface area contributed by atoms with Crippen LogP contribution < -0.4 is 4.72 Å². The molecule has 0 aliphatic rings. The number of hydrogen-bond donors (Lipinski definition) is 4. The zero-order valence-electron chi connectivity index (χ0n) is 16.2. The van der Waals surface area contributed by atoms with Gasteiger partial charge in [0.1, 0.15) is 5.82 Å². The van der Waals surface area contributed by atoms with Crippen LogP contribution in [0.5, 0.6) is 5.88 Å². The fourth-order valence-corrected chi connectivity index (χ4v) is 4.04. The van der Waals surface area contributed by atoms with Gasteiger partial charge in [-0.15, -0.1) is 5.11 Å². The van der Waals surface area contributed by atoms with Crippen molar-refractivity contribution in [3.8, 4) is 5.88 Å². The van der Waals surface area contributed by atoms with E-state index in [1.54, 1.807) is 6.07 Å². The van der Waals surface area contributed by atoms with Crippen LogP contribution in [-0.4, -0.2) is 29.6 Å². The number of nitrogens with zero attached hydrogens (tertiary/aromatic N) is 2. The van der Waals surface area contributed by atoms with Crippen LogP contribution in [-0.2, 0) is 10.0 Å². The van der Waals surface area contributed by atoms with Crippen LogP contribution in [0.15, 0.2) is 81.9 Å². The van der Waals surface area contributed by atoms with Crippen LogP contribution in [0.2, 0.25) is 0 Å². The summed E-state index contributed by atoms with van der Waals surface area (Å²) in [4.78, 5) is 13.6. The van der Waals surface area contributed by atoms with Crippen molar-refractivity contribution in [2.45, 2.75) is 4.90 Å². The second-order valence-corrected chi connectivity index (χ2v) is 8.38. The first kappa shape index (κ1) is 21.0. The molecule has 4 rings (SSSR count). The number of nitrogens with one attached hydrogen (secondary N) is 2. The number of anilines is 1. The van der Waals surface area contributed by atoms with Gasteiger partial charge in [-0.3, -0.25) is 4.72 Å². The summed E-state index contributed by atoms with van der Waals surface area (Å²) in [6.07, 6.45) is 0. The summed E-state index contributed by atoms with van der Waals surface area (Å²) in [5, 5.41) is 27.6. The van der Waals surface area contributed by atoms with Crippen LogP contribution in [0.25, 0.3) is 10.9 Å². The molecule has 9 nitrogen and oxygen atoms in total. The van der Waals surface area contributed by atoms with Crippen molar-refractivity contribution in [2.24, 2.45) is 10.2 Å². The third-order valence-electron chi connectivity index (χ3n) is 4.49. The maximum Gasteiger partial charge on any atom is 0.335 e. The maximum atomic E-state index is 13.0. The molecule has 0 fully saturated rings. The molecule has 0 aliphatic heterocycles. The number of halogens is 1. The number of H-pyrrole nitrogens is 1. The first-order valence-electron chi connectivity index (χ1n) is 9.11. The Bertz CT molecular complexity index is 1460. The molecule has 1 aromatic heterocycles. The summed E-state index contributed by atoms with van der Waals surface area (Å²) in [7, 11) is -3.97. The minimum atomic E-state index is -3.97. The molecule has 0 aliphatic carbocycles. The lowest BCUT2D eigenvalue weighted by molar-refractivity contribution is 0.0697. The van der Waals surface area contributed by atoms with Gasteiger partial charge < -0.3 is 15.2 Å². The monoisotopic (exact) mass is 454 g/mol. The summed E-state index contributed by atoms with van der Waals surface area (Å²) in [5.41, 5.74) is 0.849. The van der Waals surface area contributed by atoms with Gasteiger partial charge in [0.2, 0.25) is 5.88 Å². The molecule has 3 aromatic carbocycles. The van der Waals surface area contributed by atoms with Crippen molar-refractivity contribution in [3.05, 3.63) is 78.1 Å². The van der Waals surface area contributed by atoms with Gasteiger partial charge in [-0.2, -0.15) is 5.11 Å². The van der Waals surface area contributed by atoms with E-state index in [1.807, 2.05) is 0 Å². The highest BCUT2D eigenvalue weighted by Crippen LogP contribution is 2.37. The lowest BCUT2D eigenvalue weighted by Crippen LogP contribution is -2.12. The van der Waals surface area contributed by atoms with Crippen LogP contribution in [0, 0.1) is 5.82 Å². The molecule has 4 aromatic rings. The molecule has 162 valence electrons. The number of aromatic nitrogens is 1. The van der Waals surface area contributed by atoms with Gasteiger partial charge in [-0.25, -0.2) is 17.6 Å². The number of carbonyl (C=O) groups is 1. The summed E-state index contributed by atoms with van der Waals surface area (Å²) in [6, 6.07) is 14.7. The normalized spacial score (nSPS) is 11.8. The van der Waals surface area contributed by atoms with Gasteiger partial charge >= 0.3 is 5.97 Å². The van der Waals surface area contributed by atoms with E-state index >= 15 is 0 Å². The first-order chi connectivity index (χ1) is 15.2. The topological polar surface area (TPSA) is 144 Å². The molecule has 0 bridgehead atoms. The molecular weight excluding hydrogens is 439 g/mol. The number of carboxylic acids is 1. The van der Waals surface area contributed by atoms with Crippen molar-refractivity contribution in [1.29, 1.82) is 0 Å². The lowest BCUT2D eigenvalue weighted by atomic mass is 10.2.